The highest BCUT2D eigenvalue weighted by atomic mass is 16.7. The lowest BCUT2D eigenvalue weighted by molar-refractivity contribution is -0.148. The van der Waals surface area contributed by atoms with Gasteiger partial charge in [0.05, 0.1) is 6.54 Å². The van der Waals surface area contributed by atoms with Gasteiger partial charge >= 0.3 is 5.97 Å². The summed E-state index contributed by atoms with van der Waals surface area (Å²) in [5, 5.41) is 14.0. The normalized spacial score (nSPS) is 12.3. The minimum atomic E-state index is -1.18. The van der Waals surface area contributed by atoms with Gasteiger partial charge in [-0.05, 0) is 22.8 Å². The lowest BCUT2D eigenvalue weighted by Crippen LogP contribution is -2.41. The van der Waals surface area contributed by atoms with Crippen LogP contribution in [-0.4, -0.2) is 44.0 Å². The minimum absolute atomic E-state index is 0.0884. The van der Waals surface area contributed by atoms with Crippen LogP contribution in [0.15, 0.2) is 42.5 Å². The highest BCUT2D eigenvalue weighted by Crippen LogP contribution is 2.21. The van der Waals surface area contributed by atoms with Gasteiger partial charge in [-0.1, -0.05) is 42.5 Å². The SMILES string of the molecule is COC(CNC(=O)[C@@H](Cc1cccc2ccccc12)C(=O)O)OC. The third-order valence-corrected chi connectivity index (χ3v) is 3.89. The number of carbonyl (C=O) groups is 2. The van der Waals surface area contributed by atoms with Crippen molar-refractivity contribution in [3.8, 4) is 0 Å². The largest absolute Gasteiger partial charge is 0.481 e. The maximum absolute atomic E-state index is 12.3. The van der Waals surface area contributed by atoms with Crippen molar-refractivity contribution < 1.29 is 24.2 Å². The Morgan fingerprint density at radius 3 is 2.42 bits per heavy atom. The van der Waals surface area contributed by atoms with Gasteiger partial charge in [-0.15, -0.1) is 0 Å². The zero-order valence-corrected chi connectivity index (χ0v) is 13.7. The second-order valence-electron chi connectivity index (χ2n) is 5.38. The highest BCUT2D eigenvalue weighted by molar-refractivity contribution is 5.98. The zero-order chi connectivity index (χ0) is 17.5. The molecule has 0 heterocycles. The van der Waals surface area contributed by atoms with Gasteiger partial charge in [-0.3, -0.25) is 9.59 Å². The number of aliphatic carboxylic acids is 1. The summed E-state index contributed by atoms with van der Waals surface area (Å²) >= 11 is 0. The lowest BCUT2D eigenvalue weighted by Gasteiger charge is -2.17. The Morgan fingerprint density at radius 1 is 1.08 bits per heavy atom. The number of fused-ring (bicyclic) bond motifs is 1. The molecule has 0 spiro atoms. The number of benzene rings is 2. The smallest absolute Gasteiger partial charge is 0.316 e. The van der Waals surface area contributed by atoms with Crippen molar-refractivity contribution in [1.29, 1.82) is 0 Å². The molecule has 0 saturated heterocycles. The fraction of sp³-hybridized carbons (Fsp3) is 0.333. The number of carboxylic acid groups (broad SMARTS) is 1. The first-order valence-corrected chi connectivity index (χ1v) is 7.59. The molecular weight excluding hydrogens is 310 g/mol. The molecule has 6 nitrogen and oxygen atoms in total. The van der Waals surface area contributed by atoms with Crippen LogP contribution >= 0.6 is 0 Å². The number of hydrogen-bond donors (Lipinski definition) is 2. The average Bonchev–Trinajstić information content (AvgIpc) is 2.60. The Labute approximate surface area is 140 Å². The van der Waals surface area contributed by atoms with Crippen molar-refractivity contribution in [2.75, 3.05) is 20.8 Å². The number of methoxy groups -OCH3 is 2. The Balaban J connectivity index is 2.16. The van der Waals surface area contributed by atoms with Crippen LogP contribution in [0.25, 0.3) is 10.8 Å². The maximum Gasteiger partial charge on any atom is 0.316 e. The molecule has 0 fully saturated rings. The van der Waals surface area contributed by atoms with Gasteiger partial charge < -0.3 is 19.9 Å². The van der Waals surface area contributed by atoms with Crippen LogP contribution in [0.5, 0.6) is 0 Å². The third kappa shape index (κ3) is 4.31. The average molecular weight is 331 g/mol. The number of rotatable bonds is 8. The molecule has 0 radical (unpaired) electrons. The standard InChI is InChI=1S/C18H21NO5/c1-23-16(24-2)11-19-17(20)15(18(21)22)10-13-8-5-7-12-6-3-4-9-14(12)13/h3-9,15-16H,10-11H2,1-2H3,(H,19,20)(H,21,22)/t15-/m1/s1. The number of amides is 1. The first-order chi connectivity index (χ1) is 11.6. The second kappa shape index (κ2) is 8.42. The molecular formula is C18H21NO5. The Morgan fingerprint density at radius 2 is 1.75 bits per heavy atom. The molecule has 2 N–H and O–H groups in total. The van der Waals surface area contributed by atoms with Crippen molar-refractivity contribution >= 4 is 22.6 Å². The summed E-state index contributed by atoms with van der Waals surface area (Å²) in [5.41, 5.74) is 0.825. The number of carbonyl (C=O) groups excluding carboxylic acids is 1. The van der Waals surface area contributed by atoms with Gasteiger partial charge in [0.15, 0.2) is 6.29 Å². The van der Waals surface area contributed by atoms with Crippen molar-refractivity contribution in [3.63, 3.8) is 0 Å². The van der Waals surface area contributed by atoms with E-state index in [1.807, 2.05) is 42.5 Å². The molecule has 0 aliphatic heterocycles. The van der Waals surface area contributed by atoms with E-state index in [-0.39, 0.29) is 13.0 Å². The number of nitrogens with one attached hydrogen (secondary N) is 1. The van der Waals surface area contributed by atoms with Crippen LogP contribution < -0.4 is 5.32 Å². The predicted octanol–water partition coefficient (Wildman–Crippen LogP) is 1.82. The van der Waals surface area contributed by atoms with Gasteiger partial charge in [0.1, 0.15) is 5.92 Å². The van der Waals surface area contributed by atoms with E-state index in [0.717, 1.165) is 16.3 Å². The molecule has 0 bridgehead atoms. The van der Waals surface area contributed by atoms with Gasteiger partial charge in [0.25, 0.3) is 0 Å². The van der Waals surface area contributed by atoms with Crippen molar-refractivity contribution in [2.24, 2.45) is 5.92 Å². The molecule has 24 heavy (non-hydrogen) atoms. The van der Waals surface area contributed by atoms with Gasteiger partial charge in [0, 0.05) is 14.2 Å². The minimum Gasteiger partial charge on any atom is -0.481 e. The predicted molar refractivity (Wildman–Crippen MR) is 89.6 cm³/mol. The van der Waals surface area contributed by atoms with E-state index in [1.165, 1.54) is 14.2 Å². The summed E-state index contributed by atoms with van der Waals surface area (Å²) in [6.07, 6.45) is -0.492. The summed E-state index contributed by atoms with van der Waals surface area (Å²) in [5.74, 6) is -2.90. The molecule has 0 saturated carbocycles. The van der Waals surface area contributed by atoms with Crippen LogP contribution in [0.2, 0.25) is 0 Å². The summed E-state index contributed by atoms with van der Waals surface area (Å²) < 4.78 is 9.96. The Bertz CT molecular complexity index is 706. The second-order valence-corrected chi connectivity index (χ2v) is 5.38. The number of carboxylic acids is 1. The van der Waals surface area contributed by atoms with E-state index in [4.69, 9.17) is 9.47 Å². The van der Waals surface area contributed by atoms with Crippen molar-refractivity contribution in [2.45, 2.75) is 12.7 Å². The van der Waals surface area contributed by atoms with Gasteiger partial charge in [0.2, 0.25) is 5.91 Å². The third-order valence-electron chi connectivity index (χ3n) is 3.89. The molecule has 2 rings (SSSR count). The number of ether oxygens (including phenoxy) is 2. The molecule has 0 aliphatic rings. The summed E-state index contributed by atoms with van der Waals surface area (Å²) in [7, 11) is 2.90. The van der Waals surface area contributed by atoms with Gasteiger partial charge in [-0.25, -0.2) is 0 Å². The molecule has 6 heteroatoms. The summed E-state index contributed by atoms with van der Waals surface area (Å²) in [6.45, 7) is 0.0884. The van der Waals surface area contributed by atoms with E-state index in [0.29, 0.717) is 0 Å². The van der Waals surface area contributed by atoms with Gasteiger partial charge in [-0.2, -0.15) is 0 Å². The van der Waals surface area contributed by atoms with Crippen LogP contribution in [0.3, 0.4) is 0 Å². The molecule has 0 aliphatic carbocycles. The fourth-order valence-corrected chi connectivity index (χ4v) is 2.55. The van der Waals surface area contributed by atoms with E-state index in [9.17, 15) is 14.7 Å². The van der Waals surface area contributed by atoms with E-state index in [2.05, 4.69) is 5.32 Å². The molecule has 1 atom stereocenters. The molecule has 1 amide bonds. The van der Waals surface area contributed by atoms with E-state index in [1.54, 1.807) is 0 Å². The molecule has 0 unspecified atom stereocenters. The molecule has 2 aromatic carbocycles. The molecule has 0 aromatic heterocycles. The fourth-order valence-electron chi connectivity index (χ4n) is 2.55. The Hall–Kier alpha value is -2.44. The maximum atomic E-state index is 12.3. The molecule has 2 aromatic rings. The van der Waals surface area contributed by atoms with Crippen LogP contribution in [0, 0.1) is 5.92 Å². The van der Waals surface area contributed by atoms with E-state index >= 15 is 0 Å². The van der Waals surface area contributed by atoms with Crippen LogP contribution in [0.1, 0.15) is 5.56 Å². The van der Waals surface area contributed by atoms with Crippen molar-refractivity contribution in [1.82, 2.24) is 5.32 Å². The number of hydrogen-bond acceptors (Lipinski definition) is 4. The zero-order valence-electron chi connectivity index (χ0n) is 13.7. The van der Waals surface area contributed by atoms with E-state index < -0.39 is 24.1 Å². The Kier molecular flexibility index (Phi) is 6.28. The molecule has 128 valence electrons. The topological polar surface area (TPSA) is 84.9 Å². The van der Waals surface area contributed by atoms with Crippen molar-refractivity contribution in [3.05, 3.63) is 48.0 Å². The van der Waals surface area contributed by atoms with Crippen LogP contribution in [-0.2, 0) is 25.5 Å². The van der Waals surface area contributed by atoms with Crippen LogP contribution in [0.4, 0.5) is 0 Å². The lowest BCUT2D eigenvalue weighted by atomic mass is 9.94. The summed E-state index contributed by atoms with van der Waals surface area (Å²) in [4.78, 5) is 23.8. The first kappa shape index (κ1) is 17.9. The first-order valence-electron chi connectivity index (χ1n) is 7.59. The summed E-state index contributed by atoms with van der Waals surface area (Å²) in [6, 6.07) is 13.4. The highest BCUT2D eigenvalue weighted by Gasteiger charge is 2.27. The monoisotopic (exact) mass is 331 g/mol. The quantitative estimate of drug-likeness (QED) is 0.569.